The number of carbonyl (C=O) groups excluding carboxylic acids is 3. The first-order valence-electron chi connectivity index (χ1n) is 7.40. The number of nitrogens with one attached hydrogen (secondary N) is 1. The van der Waals surface area contributed by atoms with Crippen LogP contribution in [-0.4, -0.2) is 33.0 Å². The lowest BCUT2D eigenvalue weighted by atomic mass is 10.1. The van der Waals surface area contributed by atoms with E-state index in [1.165, 1.54) is 18.2 Å². The molecule has 0 aliphatic carbocycles. The minimum Gasteiger partial charge on any atom is -0.508 e. The van der Waals surface area contributed by atoms with Crippen molar-refractivity contribution >= 4 is 23.9 Å². The molecule has 1 aliphatic heterocycles. The van der Waals surface area contributed by atoms with Crippen LogP contribution in [0.25, 0.3) is 6.08 Å². The van der Waals surface area contributed by atoms with E-state index in [1.54, 1.807) is 24.3 Å². The molecular formula is C18H14N2O5. The first kappa shape index (κ1) is 16.3. The highest BCUT2D eigenvalue weighted by atomic mass is 16.3. The lowest BCUT2D eigenvalue weighted by Crippen LogP contribution is -2.53. The quantitative estimate of drug-likeness (QED) is 0.584. The molecule has 2 aromatic rings. The second kappa shape index (κ2) is 6.48. The zero-order valence-corrected chi connectivity index (χ0v) is 13.0. The maximum atomic E-state index is 12.6. The fraction of sp³-hybridized carbons (Fsp3) is 0.0556. The van der Waals surface area contributed by atoms with Crippen molar-refractivity contribution in [2.24, 2.45) is 0 Å². The van der Waals surface area contributed by atoms with E-state index < -0.39 is 17.8 Å². The predicted octanol–water partition coefficient (Wildman–Crippen LogP) is 1.76. The van der Waals surface area contributed by atoms with E-state index in [9.17, 15) is 24.6 Å². The van der Waals surface area contributed by atoms with Gasteiger partial charge in [0, 0.05) is 11.6 Å². The summed E-state index contributed by atoms with van der Waals surface area (Å²) < 4.78 is 0. The summed E-state index contributed by atoms with van der Waals surface area (Å²) in [4.78, 5) is 37.5. The first-order chi connectivity index (χ1) is 12.0. The highest BCUT2D eigenvalue weighted by Crippen LogP contribution is 2.26. The topological polar surface area (TPSA) is 107 Å². The monoisotopic (exact) mass is 338 g/mol. The van der Waals surface area contributed by atoms with Crippen LogP contribution in [0.4, 0.5) is 4.79 Å². The maximum Gasteiger partial charge on any atom is 0.331 e. The molecule has 7 nitrogen and oxygen atoms in total. The summed E-state index contributed by atoms with van der Waals surface area (Å²) in [6.45, 7) is 0.0116. The molecule has 25 heavy (non-hydrogen) atoms. The normalized spacial score (nSPS) is 16.2. The smallest absolute Gasteiger partial charge is 0.331 e. The number of phenols is 2. The fourth-order valence-electron chi connectivity index (χ4n) is 2.41. The van der Waals surface area contributed by atoms with Gasteiger partial charge in [0.05, 0.1) is 6.54 Å². The van der Waals surface area contributed by atoms with Crippen molar-refractivity contribution in [1.82, 2.24) is 10.2 Å². The van der Waals surface area contributed by atoms with E-state index in [2.05, 4.69) is 5.32 Å². The molecule has 0 atom stereocenters. The number of barbiturate groups is 1. The second-order valence-electron chi connectivity index (χ2n) is 5.44. The van der Waals surface area contributed by atoms with E-state index >= 15 is 0 Å². The van der Waals surface area contributed by atoms with Gasteiger partial charge in [-0.25, -0.2) is 4.79 Å². The second-order valence-corrected chi connectivity index (χ2v) is 5.44. The number of rotatable bonds is 3. The van der Waals surface area contributed by atoms with Gasteiger partial charge in [0.2, 0.25) is 0 Å². The molecule has 1 aliphatic rings. The number of hydrogen-bond donors (Lipinski definition) is 3. The number of hydrogen-bond acceptors (Lipinski definition) is 5. The number of amides is 4. The summed E-state index contributed by atoms with van der Waals surface area (Å²) in [5.41, 5.74) is 0.619. The van der Waals surface area contributed by atoms with Gasteiger partial charge in [-0.2, -0.15) is 0 Å². The van der Waals surface area contributed by atoms with Crippen molar-refractivity contribution in [3.05, 3.63) is 65.2 Å². The molecule has 7 heteroatoms. The van der Waals surface area contributed by atoms with E-state index in [-0.39, 0.29) is 29.2 Å². The minimum atomic E-state index is -0.841. The van der Waals surface area contributed by atoms with Gasteiger partial charge in [-0.1, -0.05) is 30.3 Å². The number of imide groups is 2. The lowest BCUT2D eigenvalue weighted by molar-refractivity contribution is -0.130. The molecule has 1 saturated heterocycles. The number of aromatic hydroxyl groups is 2. The summed E-state index contributed by atoms with van der Waals surface area (Å²) in [7, 11) is 0. The third-order valence-electron chi connectivity index (χ3n) is 3.68. The Morgan fingerprint density at radius 2 is 1.72 bits per heavy atom. The number of phenolic OH excluding ortho intramolecular Hbond substituents is 2. The van der Waals surface area contributed by atoms with Crippen LogP contribution in [0.15, 0.2) is 54.1 Å². The standard InChI is InChI=1S/C18H14N2O5/c21-13-7-6-12(15(22)9-13)8-14-16(23)19-18(25)20(17(14)24)10-11-4-2-1-3-5-11/h1-9,21-22H,10H2,(H,19,23,25)/b14-8+. The van der Waals surface area contributed by atoms with Gasteiger partial charge in [0.1, 0.15) is 17.1 Å². The van der Waals surface area contributed by atoms with Gasteiger partial charge in [-0.15, -0.1) is 0 Å². The average molecular weight is 338 g/mol. The summed E-state index contributed by atoms with van der Waals surface area (Å²) in [5.74, 6) is -2.04. The third kappa shape index (κ3) is 3.35. The van der Waals surface area contributed by atoms with Crippen molar-refractivity contribution in [3.63, 3.8) is 0 Å². The Morgan fingerprint density at radius 1 is 1.00 bits per heavy atom. The lowest BCUT2D eigenvalue weighted by Gasteiger charge is -2.26. The van der Waals surface area contributed by atoms with Crippen molar-refractivity contribution in [3.8, 4) is 11.5 Å². The van der Waals surface area contributed by atoms with Crippen LogP contribution in [0, 0.1) is 0 Å². The fourth-order valence-corrected chi connectivity index (χ4v) is 2.41. The van der Waals surface area contributed by atoms with E-state index in [4.69, 9.17) is 0 Å². The average Bonchev–Trinajstić information content (AvgIpc) is 2.58. The number of nitrogens with zero attached hydrogens (tertiary/aromatic N) is 1. The molecule has 0 bridgehead atoms. The highest BCUT2D eigenvalue weighted by Gasteiger charge is 2.35. The number of carbonyl (C=O) groups is 3. The Hall–Kier alpha value is -3.61. The summed E-state index contributed by atoms with van der Waals surface area (Å²) in [5, 5.41) is 21.2. The highest BCUT2D eigenvalue weighted by molar-refractivity contribution is 6.31. The van der Waals surface area contributed by atoms with Gasteiger partial charge in [-0.05, 0) is 23.8 Å². The van der Waals surface area contributed by atoms with Crippen LogP contribution in [-0.2, 0) is 16.1 Å². The number of urea groups is 1. The Morgan fingerprint density at radius 3 is 2.40 bits per heavy atom. The van der Waals surface area contributed by atoms with Gasteiger partial charge in [0.25, 0.3) is 11.8 Å². The Balaban J connectivity index is 1.93. The zero-order chi connectivity index (χ0) is 18.0. The maximum absolute atomic E-state index is 12.6. The van der Waals surface area contributed by atoms with Crippen LogP contribution in [0.3, 0.4) is 0 Å². The van der Waals surface area contributed by atoms with Crippen molar-refractivity contribution < 1.29 is 24.6 Å². The first-order valence-corrected chi connectivity index (χ1v) is 7.40. The molecule has 0 unspecified atom stereocenters. The van der Waals surface area contributed by atoms with E-state index in [1.807, 2.05) is 6.07 Å². The van der Waals surface area contributed by atoms with Crippen LogP contribution in [0.2, 0.25) is 0 Å². The molecule has 126 valence electrons. The molecule has 0 spiro atoms. The van der Waals surface area contributed by atoms with Crippen LogP contribution in [0.5, 0.6) is 11.5 Å². The third-order valence-corrected chi connectivity index (χ3v) is 3.68. The van der Waals surface area contributed by atoms with Crippen LogP contribution >= 0.6 is 0 Å². The molecule has 0 radical (unpaired) electrons. The molecule has 0 saturated carbocycles. The molecule has 3 rings (SSSR count). The van der Waals surface area contributed by atoms with E-state index in [0.717, 1.165) is 16.5 Å². The Kier molecular flexibility index (Phi) is 4.21. The van der Waals surface area contributed by atoms with Gasteiger partial charge in [0.15, 0.2) is 0 Å². The summed E-state index contributed by atoms with van der Waals surface area (Å²) >= 11 is 0. The molecule has 4 amide bonds. The van der Waals surface area contributed by atoms with Crippen molar-refractivity contribution in [2.75, 3.05) is 0 Å². The summed E-state index contributed by atoms with van der Waals surface area (Å²) in [6.07, 6.45) is 1.18. The van der Waals surface area contributed by atoms with Gasteiger partial charge in [-0.3, -0.25) is 19.8 Å². The predicted molar refractivity (Wildman–Crippen MR) is 88.3 cm³/mol. The number of benzene rings is 2. The minimum absolute atomic E-state index is 0.0116. The van der Waals surface area contributed by atoms with Crippen molar-refractivity contribution in [2.45, 2.75) is 6.54 Å². The molecular weight excluding hydrogens is 324 g/mol. The molecule has 3 N–H and O–H groups in total. The molecule has 2 aromatic carbocycles. The van der Waals surface area contributed by atoms with Crippen LogP contribution < -0.4 is 5.32 Å². The van der Waals surface area contributed by atoms with Crippen molar-refractivity contribution in [1.29, 1.82) is 0 Å². The zero-order valence-electron chi connectivity index (χ0n) is 13.0. The SMILES string of the molecule is O=C1NC(=O)N(Cc2ccccc2)C(=O)/C1=C/c1ccc(O)cc1O. The van der Waals surface area contributed by atoms with Gasteiger partial charge >= 0.3 is 6.03 Å². The van der Waals surface area contributed by atoms with Gasteiger partial charge < -0.3 is 10.2 Å². The Labute approximate surface area is 142 Å². The summed E-state index contributed by atoms with van der Waals surface area (Å²) in [6, 6.07) is 11.8. The molecule has 1 heterocycles. The molecule has 0 aromatic heterocycles. The molecule has 1 fully saturated rings. The van der Waals surface area contributed by atoms with E-state index in [0.29, 0.717) is 0 Å². The van der Waals surface area contributed by atoms with Crippen LogP contribution in [0.1, 0.15) is 11.1 Å². The Bertz CT molecular complexity index is 890. The largest absolute Gasteiger partial charge is 0.508 e.